The Morgan fingerprint density at radius 2 is 2.10 bits per heavy atom. The van der Waals surface area contributed by atoms with Gasteiger partial charge in [0.1, 0.15) is 30.0 Å². The third-order valence-electron chi connectivity index (χ3n) is 3.56. The number of hydrogen-bond donors (Lipinski definition) is 0. The summed E-state index contributed by atoms with van der Waals surface area (Å²) in [5.74, 6) is 2.87. The molecule has 0 aromatic heterocycles. The fraction of sp³-hybridized carbons (Fsp3) is 0.294. The summed E-state index contributed by atoms with van der Waals surface area (Å²) in [5.41, 5.74) is 2.18. The Labute approximate surface area is 129 Å². The maximum atomic E-state index is 5.94. The lowest BCUT2D eigenvalue weighted by molar-refractivity contribution is 0.147. The molecule has 0 fully saturated rings. The van der Waals surface area contributed by atoms with Gasteiger partial charge in [-0.3, -0.25) is 0 Å². The summed E-state index contributed by atoms with van der Waals surface area (Å²) < 4.78 is 17.0. The predicted octanol–water partition coefficient (Wildman–Crippen LogP) is 3.82. The van der Waals surface area contributed by atoms with Gasteiger partial charge in [-0.25, -0.2) is 0 Å². The summed E-state index contributed by atoms with van der Waals surface area (Å²) in [6, 6.07) is 13.8. The van der Waals surface area contributed by atoms with Crippen LogP contribution in [0.2, 0.25) is 0 Å². The molecule has 2 aromatic rings. The van der Waals surface area contributed by atoms with Crippen LogP contribution in [0.25, 0.3) is 0 Å². The summed E-state index contributed by atoms with van der Waals surface area (Å²) in [4.78, 5) is 0. The van der Waals surface area contributed by atoms with Gasteiger partial charge in [0.05, 0.1) is 13.0 Å². The van der Waals surface area contributed by atoms with E-state index in [4.69, 9.17) is 25.8 Å². The molecule has 110 valence electrons. The Morgan fingerprint density at radius 1 is 1.24 bits per heavy atom. The van der Waals surface area contributed by atoms with E-state index in [1.807, 2.05) is 36.4 Å². The van der Waals surface area contributed by atoms with Crippen LogP contribution in [-0.4, -0.2) is 19.8 Å². The SMILES string of the molecule is COc1ccc(CCl)c(OCC2Cc3ccccc3O2)c1. The number of rotatable bonds is 5. The van der Waals surface area contributed by atoms with Crippen molar-refractivity contribution in [1.82, 2.24) is 0 Å². The molecular weight excluding hydrogens is 288 g/mol. The van der Waals surface area contributed by atoms with Crippen molar-refractivity contribution in [3.63, 3.8) is 0 Å². The topological polar surface area (TPSA) is 27.7 Å². The van der Waals surface area contributed by atoms with E-state index in [2.05, 4.69) is 6.07 Å². The first-order chi connectivity index (χ1) is 10.3. The van der Waals surface area contributed by atoms with Gasteiger partial charge >= 0.3 is 0 Å². The number of fused-ring (bicyclic) bond motifs is 1. The van der Waals surface area contributed by atoms with Crippen LogP contribution >= 0.6 is 11.6 Å². The minimum absolute atomic E-state index is 0.0387. The second-order valence-electron chi connectivity index (χ2n) is 4.97. The summed E-state index contributed by atoms with van der Waals surface area (Å²) in [5, 5.41) is 0. The third kappa shape index (κ3) is 3.08. The molecule has 0 saturated carbocycles. The molecule has 0 bridgehead atoms. The zero-order valence-corrected chi connectivity index (χ0v) is 12.6. The van der Waals surface area contributed by atoms with Gasteiger partial charge in [-0.05, 0) is 17.7 Å². The fourth-order valence-electron chi connectivity index (χ4n) is 2.44. The molecule has 1 unspecified atom stereocenters. The zero-order valence-electron chi connectivity index (χ0n) is 11.8. The van der Waals surface area contributed by atoms with Crippen molar-refractivity contribution in [2.75, 3.05) is 13.7 Å². The van der Waals surface area contributed by atoms with Crippen LogP contribution < -0.4 is 14.2 Å². The second-order valence-corrected chi connectivity index (χ2v) is 5.24. The highest BCUT2D eigenvalue weighted by atomic mass is 35.5. The number of ether oxygens (including phenoxy) is 3. The Bertz CT molecular complexity index is 602. The number of methoxy groups -OCH3 is 1. The Kier molecular flexibility index (Phi) is 4.20. The molecule has 1 aliphatic heterocycles. The fourth-order valence-corrected chi connectivity index (χ4v) is 2.66. The second kappa shape index (κ2) is 6.27. The number of hydrogen-bond acceptors (Lipinski definition) is 3. The Hall–Kier alpha value is -1.87. The smallest absolute Gasteiger partial charge is 0.137 e. The van der Waals surface area contributed by atoms with Crippen LogP contribution in [0.4, 0.5) is 0 Å². The van der Waals surface area contributed by atoms with Crippen LogP contribution in [0, 0.1) is 0 Å². The average molecular weight is 305 g/mol. The highest BCUT2D eigenvalue weighted by Crippen LogP contribution is 2.30. The molecule has 21 heavy (non-hydrogen) atoms. The molecule has 0 saturated heterocycles. The van der Waals surface area contributed by atoms with Crippen LogP contribution in [0.15, 0.2) is 42.5 Å². The largest absolute Gasteiger partial charge is 0.497 e. The van der Waals surface area contributed by atoms with E-state index < -0.39 is 0 Å². The molecule has 1 atom stereocenters. The van der Waals surface area contributed by atoms with E-state index in [1.165, 1.54) is 5.56 Å². The lowest BCUT2D eigenvalue weighted by atomic mass is 10.1. The molecule has 0 spiro atoms. The standard InChI is InChI=1S/C17H17ClO3/c1-19-14-7-6-13(10-18)17(9-14)20-11-15-8-12-4-2-3-5-16(12)21-15/h2-7,9,15H,8,10-11H2,1H3. The molecule has 1 heterocycles. The first-order valence-electron chi connectivity index (χ1n) is 6.90. The molecule has 3 nitrogen and oxygen atoms in total. The lowest BCUT2D eigenvalue weighted by Gasteiger charge is -2.15. The predicted molar refractivity (Wildman–Crippen MR) is 82.6 cm³/mol. The number of alkyl halides is 1. The van der Waals surface area contributed by atoms with Gasteiger partial charge in [-0.15, -0.1) is 11.6 Å². The van der Waals surface area contributed by atoms with E-state index in [1.54, 1.807) is 7.11 Å². The van der Waals surface area contributed by atoms with Gasteiger partial charge < -0.3 is 14.2 Å². The average Bonchev–Trinajstić information content (AvgIpc) is 2.95. The van der Waals surface area contributed by atoms with Crippen molar-refractivity contribution in [1.29, 1.82) is 0 Å². The minimum Gasteiger partial charge on any atom is -0.497 e. The third-order valence-corrected chi connectivity index (χ3v) is 3.84. The van der Waals surface area contributed by atoms with E-state index in [-0.39, 0.29) is 6.10 Å². The van der Waals surface area contributed by atoms with Crippen molar-refractivity contribution in [3.05, 3.63) is 53.6 Å². The monoisotopic (exact) mass is 304 g/mol. The molecule has 4 heteroatoms. The molecule has 0 radical (unpaired) electrons. The summed E-state index contributed by atoms with van der Waals surface area (Å²) >= 11 is 5.94. The van der Waals surface area contributed by atoms with E-state index >= 15 is 0 Å². The van der Waals surface area contributed by atoms with Gasteiger partial charge in [0.15, 0.2) is 0 Å². The molecule has 3 rings (SSSR count). The molecule has 2 aromatic carbocycles. The number of benzene rings is 2. The van der Waals surface area contributed by atoms with E-state index in [9.17, 15) is 0 Å². The van der Waals surface area contributed by atoms with Crippen molar-refractivity contribution in [2.24, 2.45) is 0 Å². The van der Waals surface area contributed by atoms with Gasteiger partial charge in [-0.1, -0.05) is 24.3 Å². The molecule has 0 aliphatic carbocycles. The Morgan fingerprint density at radius 3 is 2.86 bits per heavy atom. The summed E-state index contributed by atoms with van der Waals surface area (Å²) in [6.45, 7) is 0.492. The van der Waals surface area contributed by atoms with Crippen molar-refractivity contribution in [2.45, 2.75) is 18.4 Å². The van der Waals surface area contributed by atoms with Crippen LogP contribution in [0.1, 0.15) is 11.1 Å². The highest BCUT2D eigenvalue weighted by Gasteiger charge is 2.23. The lowest BCUT2D eigenvalue weighted by Crippen LogP contribution is -2.22. The molecule has 0 N–H and O–H groups in total. The molecule has 1 aliphatic rings. The van der Waals surface area contributed by atoms with Gasteiger partial charge in [0.25, 0.3) is 0 Å². The van der Waals surface area contributed by atoms with Gasteiger partial charge in [0, 0.05) is 18.1 Å². The number of para-hydroxylation sites is 1. The van der Waals surface area contributed by atoms with E-state index in [0.29, 0.717) is 12.5 Å². The van der Waals surface area contributed by atoms with Gasteiger partial charge in [0.2, 0.25) is 0 Å². The first kappa shape index (κ1) is 14.1. The van der Waals surface area contributed by atoms with Crippen LogP contribution in [0.3, 0.4) is 0 Å². The van der Waals surface area contributed by atoms with Crippen LogP contribution in [-0.2, 0) is 12.3 Å². The van der Waals surface area contributed by atoms with E-state index in [0.717, 1.165) is 29.2 Å². The van der Waals surface area contributed by atoms with Crippen molar-refractivity contribution >= 4 is 11.6 Å². The zero-order chi connectivity index (χ0) is 14.7. The quantitative estimate of drug-likeness (QED) is 0.786. The molecular formula is C17H17ClO3. The maximum Gasteiger partial charge on any atom is 0.137 e. The molecule has 0 amide bonds. The van der Waals surface area contributed by atoms with Crippen molar-refractivity contribution in [3.8, 4) is 17.2 Å². The summed E-state index contributed by atoms with van der Waals surface area (Å²) in [6.07, 6.45) is 0.910. The maximum absolute atomic E-state index is 5.94. The highest BCUT2D eigenvalue weighted by molar-refractivity contribution is 6.17. The minimum atomic E-state index is 0.0387. The van der Waals surface area contributed by atoms with Gasteiger partial charge in [-0.2, -0.15) is 0 Å². The number of halogens is 1. The normalized spacial score (nSPS) is 16.2. The summed E-state index contributed by atoms with van der Waals surface area (Å²) in [7, 11) is 1.64. The van der Waals surface area contributed by atoms with Crippen molar-refractivity contribution < 1.29 is 14.2 Å². The van der Waals surface area contributed by atoms with Crippen LogP contribution in [0.5, 0.6) is 17.2 Å². The first-order valence-corrected chi connectivity index (χ1v) is 7.44. The Balaban J connectivity index is 1.66.